The van der Waals surface area contributed by atoms with Crippen LogP contribution in [0.25, 0.3) is 0 Å². The molecule has 1 aromatic carbocycles. The molecule has 21 heavy (non-hydrogen) atoms. The zero-order valence-electron chi connectivity index (χ0n) is 10.7. The smallest absolute Gasteiger partial charge is 0.366 e. The molecule has 110 valence electrons. The molecule has 9 heteroatoms. The molecule has 0 atom stereocenters. The van der Waals surface area contributed by atoms with Gasteiger partial charge in [-0.2, -0.15) is 0 Å². The topological polar surface area (TPSA) is 85.1 Å². The SMILES string of the molecule is CC(=O)c1nc([N+](=O)[O-])c(NCc2ccc(Cl)c(Cl)c2)s1. The minimum atomic E-state index is -0.625. The number of anilines is 1. The van der Waals surface area contributed by atoms with Crippen molar-refractivity contribution in [2.75, 3.05) is 5.32 Å². The quantitative estimate of drug-likeness (QED) is 0.499. The first-order valence-corrected chi connectivity index (χ1v) is 7.29. The van der Waals surface area contributed by atoms with Gasteiger partial charge in [0, 0.05) is 13.5 Å². The summed E-state index contributed by atoms with van der Waals surface area (Å²) in [4.78, 5) is 25.3. The van der Waals surface area contributed by atoms with Gasteiger partial charge in [-0.3, -0.25) is 4.79 Å². The number of benzene rings is 1. The number of Topliss-reactive ketones (excluding diaryl/α,β-unsaturated/α-hetero) is 1. The number of carbonyl (C=O) groups excluding carboxylic acids is 1. The van der Waals surface area contributed by atoms with Crippen LogP contribution in [-0.2, 0) is 6.54 Å². The van der Waals surface area contributed by atoms with Crippen LogP contribution in [0.3, 0.4) is 0 Å². The van der Waals surface area contributed by atoms with E-state index in [2.05, 4.69) is 10.3 Å². The third-order valence-electron chi connectivity index (χ3n) is 2.52. The highest BCUT2D eigenvalue weighted by Crippen LogP contribution is 2.32. The number of ketones is 1. The number of carbonyl (C=O) groups is 1. The molecule has 1 heterocycles. The van der Waals surface area contributed by atoms with E-state index >= 15 is 0 Å². The molecule has 0 saturated heterocycles. The Morgan fingerprint density at radius 3 is 2.71 bits per heavy atom. The summed E-state index contributed by atoms with van der Waals surface area (Å²) >= 11 is 12.7. The molecule has 2 aromatic rings. The Balaban J connectivity index is 2.20. The molecule has 0 aliphatic heterocycles. The Labute approximate surface area is 133 Å². The normalized spacial score (nSPS) is 10.4. The average molecular weight is 346 g/mol. The molecule has 0 spiro atoms. The lowest BCUT2D eigenvalue weighted by Gasteiger charge is -2.04. The molecule has 0 aliphatic carbocycles. The molecule has 6 nitrogen and oxygen atoms in total. The zero-order valence-corrected chi connectivity index (χ0v) is 13.1. The summed E-state index contributed by atoms with van der Waals surface area (Å²) in [6.45, 7) is 1.61. The number of rotatable bonds is 5. The predicted molar refractivity (Wildman–Crippen MR) is 82.6 cm³/mol. The van der Waals surface area contributed by atoms with E-state index < -0.39 is 4.92 Å². The van der Waals surface area contributed by atoms with Crippen molar-refractivity contribution in [2.24, 2.45) is 0 Å². The summed E-state index contributed by atoms with van der Waals surface area (Å²) in [6.07, 6.45) is 0. The van der Waals surface area contributed by atoms with Crippen LogP contribution in [0.5, 0.6) is 0 Å². The molecule has 0 amide bonds. The molecule has 0 bridgehead atoms. The molecule has 0 saturated carbocycles. The van der Waals surface area contributed by atoms with Crippen molar-refractivity contribution in [1.29, 1.82) is 0 Å². The van der Waals surface area contributed by atoms with Crippen molar-refractivity contribution in [3.05, 3.63) is 48.9 Å². The number of halogens is 2. The second kappa shape index (κ2) is 6.38. The van der Waals surface area contributed by atoms with Crippen molar-refractivity contribution < 1.29 is 9.72 Å². The van der Waals surface area contributed by atoms with E-state index in [1.54, 1.807) is 18.2 Å². The maximum atomic E-state index is 11.3. The highest BCUT2D eigenvalue weighted by Gasteiger charge is 2.24. The fourth-order valence-corrected chi connectivity index (χ4v) is 2.68. The molecule has 0 fully saturated rings. The summed E-state index contributed by atoms with van der Waals surface area (Å²) < 4.78 is 0. The minimum Gasteiger partial charge on any atom is -0.366 e. The average Bonchev–Trinajstić information content (AvgIpc) is 2.85. The Bertz CT molecular complexity index is 718. The second-order valence-corrected chi connectivity index (χ2v) is 5.90. The maximum absolute atomic E-state index is 11.3. The molecule has 0 aliphatic rings. The van der Waals surface area contributed by atoms with E-state index in [0.717, 1.165) is 16.9 Å². The van der Waals surface area contributed by atoms with Crippen LogP contribution < -0.4 is 5.32 Å². The van der Waals surface area contributed by atoms with Crippen molar-refractivity contribution in [3.63, 3.8) is 0 Å². The van der Waals surface area contributed by atoms with E-state index in [0.29, 0.717) is 16.6 Å². The monoisotopic (exact) mass is 345 g/mol. The van der Waals surface area contributed by atoms with Gasteiger partial charge in [-0.25, -0.2) is 0 Å². The summed E-state index contributed by atoms with van der Waals surface area (Å²) in [5.41, 5.74) is 0.802. The van der Waals surface area contributed by atoms with Gasteiger partial charge in [0.25, 0.3) is 5.01 Å². The van der Waals surface area contributed by atoms with E-state index in [9.17, 15) is 14.9 Å². The zero-order chi connectivity index (χ0) is 15.6. The minimum absolute atomic E-state index is 0.0957. The van der Waals surface area contributed by atoms with Crippen LogP contribution in [-0.4, -0.2) is 15.7 Å². The van der Waals surface area contributed by atoms with Crippen LogP contribution >= 0.6 is 34.5 Å². The summed E-state index contributed by atoms with van der Waals surface area (Å²) in [7, 11) is 0. The van der Waals surface area contributed by atoms with E-state index in [-0.39, 0.29) is 21.6 Å². The highest BCUT2D eigenvalue weighted by atomic mass is 35.5. The number of hydrogen-bond donors (Lipinski definition) is 1. The lowest BCUT2D eigenvalue weighted by Crippen LogP contribution is -2.00. The highest BCUT2D eigenvalue weighted by molar-refractivity contribution is 7.18. The van der Waals surface area contributed by atoms with Crippen LogP contribution in [0.4, 0.5) is 10.8 Å². The standard InChI is InChI=1S/C12H9Cl2N3O3S/c1-6(18)11-16-10(17(19)20)12(21-11)15-5-7-2-3-8(13)9(14)4-7/h2-4,15H,5H2,1H3. The number of thiazole rings is 1. The largest absolute Gasteiger partial charge is 0.399 e. The van der Waals surface area contributed by atoms with Crippen molar-refractivity contribution in [1.82, 2.24) is 4.98 Å². The fraction of sp³-hybridized carbons (Fsp3) is 0.167. The van der Waals surface area contributed by atoms with E-state index in [1.165, 1.54) is 6.92 Å². The van der Waals surface area contributed by atoms with Crippen LogP contribution in [0.15, 0.2) is 18.2 Å². The Hall–Kier alpha value is -1.70. The first kappa shape index (κ1) is 15.7. The van der Waals surface area contributed by atoms with Crippen molar-refractivity contribution in [2.45, 2.75) is 13.5 Å². The second-order valence-electron chi connectivity index (χ2n) is 4.09. The molecule has 1 N–H and O–H groups in total. The third kappa shape index (κ3) is 3.69. The molecule has 1 aromatic heterocycles. The lowest BCUT2D eigenvalue weighted by atomic mass is 10.2. The van der Waals surface area contributed by atoms with Gasteiger partial charge in [0.1, 0.15) is 0 Å². The van der Waals surface area contributed by atoms with Gasteiger partial charge in [-0.15, -0.1) is 0 Å². The summed E-state index contributed by atoms with van der Waals surface area (Å²) in [5.74, 6) is -0.670. The molecular weight excluding hydrogens is 337 g/mol. The predicted octanol–water partition coefficient (Wildman–Crippen LogP) is 4.17. The molecule has 0 radical (unpaired) electrons. The van der Waals surface area contributed by atoms with Gasteiger partial charge >= 0.3 is 5.82 Å². The Morgan fingerprint density at radius 2 is 2.14 bits per heavy atom. The van der Waals surface area contributed by atoms with Gasteiger partial charge in [0.15, 0.2) is 5.00 Å². The van der Waals surface area contributed by atoms with Crippen LogP contribution in [0.1, 0.15) is 22.3 Å². The number of nitrogens with zero attached hydrogens (tertiary/aromatic N) is 2. The number of aromatic nitrogens is 1. The maximum Gasteiger partial charge on any atom is 0.399 e. The van der Waals surface area contributed by atoms with E-state index in [4.69, 9.17) is 23.2 Å². The number of nitrogens with one attached hydrogen (secondary N) is 1. The van der Waals surface area contributed by atoms with Gasteiger partial charge in [0.05, 0.1) is 10.0 Å². The lowest BCUT2D eigenvalue weighted by molar-refractivity contribution is -0.388. The molecule has 2 rings (SSSR count). The van der Waals surface area contributed by atoms with Gasteiger partial charge in [-0.05, 0) is 27.6 Å². The first-order valence-electron chi connectivity index (χ1n) is 5.72. The fourth-order valence-electron chi connectivity index (χ4n) is 1.53. The molecule has 0 unspecified atom stereocenters. The van der Waals surface area contributed by atoms with Crippen LogP contribution in [0.2, 0.25) is 10.0 Å². The number of nitro groups is 1. The molecular formula is C12H9Cl2N3O3S. The Kier molecular flexibility index (Phi) is 4.76. The third-order valence-corrected chi connectivity index (χ3v) is 4.36. The van der Waals surface area contributed by atoms with Gasteiger partial charge in [0.2, 0.25) is 5.78 Å². The summed E-state index contributed by atoms with van der Waals surface area (Å²) in [5, 5.41) is 15.0. The summed E-state index contributed by atoms with van der Waals surface area (Å²) in [6, 6.07) is 5.05. The Morgan fingerprint density at radius 1 is 1.43 bits per heavy atom. The van der Waals surface area contributed by atoms with Gasteiger partial charge in [-0.1, -0.05) is 40.6 Å². The van der Waals surface area contributed by atoms with Crippen LogP contribution in [0, 0.1) is 10.1 Å². The first-order chi connectivity index (χ1) is 9.88. The van der Waals surface area contributed by atoms with Crippen molar-refractivity contribution in [3.8, 4) is 0 Å². The van der Waals surface area contributed by atoms with Gasteiger partial charge < -0.3 is 15.4 Å². The van der Waals surface area contributed by atoms with Crippen molar-refractivity contribution >= 4 is 51.1 Å². The van der Waals surface area contributed by atoms with E-state index in [1.807, 2.05) is 0 Å². The number of hydrogen-bond acceptors (Lipinski definition) is 6.